The van der Waals surface area contributed by atoms with E-state index in [1.54, 1.807) is 0 Å². The minimum Gasteiger partial charge on any atom is -0.389 e. The third-order valence-electron chi connectivity index (χ3n) is 4.77. The Labute approximate surface area is 105 Å². The van der Waals surface area contributed by atoms with Crippen molar-refractivity contribution in [2.75, 3.05) is 32.7 Å². The highest BCUT2D eigenvalue weighted by atomic mass is 16.3. The first-order valence-corrected chi connectivity index (χ1v) is 7.44. The molecule has 1 heterocycles. The Balaban J connectivity index is 1.46. The maximum atomic E-state index is 10.6. The molecule has 1 N–H and O–H groups in total. The van der Waals surface area contributed by atoms with Gasteiger partial charge in [-0.1, -0.05) is 19.3 Å². The van der Waals surface area contributed by atoms with Crippen LogP contribution in [0, 0.1) is 0 Å². The Bertz CT molecular complexity index is 251. The van der Waals surface area contributed by atoms with Crippen LogP contribution < -0.4 is 0 Å². The number of β-amino-alcohol motifs (C(OH)–C–C–N with tert-alkyl or cyclic N) is 1. The Morgan fingerprint density at radius 2 is 1.59 bits per heavy atom. The number of rotatable bonds is 3. The van der Waals surface area contributed by atoms with E-state index in [-0.39, 0.29) is 5.60 Å². The molecule has 3 aliphatic rings. The van der Waals surface area contributed by atoms with Gasteiger partial charge in [-0.3, -0.25) is 9.80 Å². The van der Waals surface area contributed by atoms with E-state index in [1.165, 1.54) is 58.3 Å². The molecule has 0 aromatic rings. The zero-order valence-electron chi connectivity index (χ0n) is 10.9. The Hall–Kier alpha value is -0.120. The van der Waals surface area contributed by atoms with E-state index >= 15 is 0 Å². The van der Waals surface area contributed by atoms with Crippen LogP contribution in [-0.2, 0) is 0 Å². The van der Waals surface area contributed by atoms with Crippen LogP contribution in [0.2, 0.25) is 0 Å². The standard InChI is InChI=1S/C14H26N2O/c17-14(6-2-1-3-7-14)12-15-8-10-16(11-9-15)13-4-5-13/h13,17H,1-12H2. The summed E-state index contributed by atoms with van der Waals surface area (Å²) in [5.74, 6) is 0. The van der Waals surface area contributed by atoms with Crippen molar-refractivity contribution in [3.63, 3.8) is 0 Å². The van der Waals surface area contributed by atoms with Crippen LogP contribution in [0.1, 0.15) is 44.9 Å². The lowest BCUT2D eigenvalue weighted by molar-refractivity contribution is -0.0359. The third-order valence-corrected chi connectivity index (χ3v) is 4.77. The maximum Gasteiger partial charge on any atom is 0.0774 e. The summed E-state index contributed by atoms with van der Waals surface area (Å²) in [6, 6.07) is 0.912. The van der Waals surface area contributed by atoms with Gasteiger partial charge in [0.05, 0.1) is 5.60 Å². The zero-order valence-corrected chi connectivity index (χ0v) is 10.9. The predicted molar refractivity (Wildman–Crippen MR) is 69.1 cm³/mol. The lowest BCUT2D eigenvalue weighted by Gasteiger charge is -2.41. The van der Waals surface area contributed by atoms with Crippen molar-refractivity contribution in [2.45, 2.75) is 56.6 Å². The Morgan fingerprint density at radius 1 is 0.941 bits per heavy atom. The third kappa shape index (κ3) is 3.01. The summed E-state index contributed by atoms with van der Waals surface area (Å²) in [7, 11) is 0. The monoisotopic (exact) mass is 238 g/mol. The summed E-state index contributed by atoms with van der Waals surface area (Å²) < 4.78 is 0. The van der Waals surface area contributed by atoms with Crippen molar-refractivity contribution in [1.29, 1.82) is 0 Å². The molecule has 98 valence electrons. The van der Waals surface area contributed by atoms with Gasteiger partial charge in [0.25, 0.3) is 0 Å². The van der Waals surface area contributed by atoms with Crippen molar-refractivity contribution in [3.05, 3.63) is 0 Å². The molecule has 0 amide bonds. The molecule has 0 radical (unpaired) electrons. The lowest BCUT2D eigenvalue weighted by Crippen LogP contribution is -2.52. The summed E-state index contributed by atoms with van der Waals surface area (Å²) in [6.07, 6.45) is 8.65. The van der Waals surface area contributed by atoms with Crippen LogP contribution in [0.5, 0.6) is 0 Å². The fourth-order valence-electron chi connectivity index (χ4n) is 3.51. The van der Waals surface area contributed by atoms with Crippen LogP contribution in [0.3, 0.4) is 0 Å². The number of aliphatic hydroxyl groups is 1. The smallest absolute Gasteiger partial charge is 0.0774 e. The van der Waals surface area contributed by atoms with Crippen LogP contribution in [0.4, 0.5) is 0 Å². The largest absolute Gasteiger partial charge is 0.389 e. The van der Waals surface area contributed by atoms with Gasteiger partial charge in [-0.05, 0) is 25.7 Å². The molecule has 3 rings (SSSR count). The molecule has 3 nitrogen and oxygen atoms in total. The predicted octanol–water partition coefficient (Wildman–Crippen LogP) is 1.46. The van der Waals surface area contributed by atoms with Gasteiger partial charge in [-0.2, -0.15) is 0 Å². The van der Waals surface area contributed by atoms with Crippen molar-refractivity contribution >= 4 is 0 Å². The van der Waals surface area contributed by atoms with Gasteiger partial charge < -0.3 is 5.11 Å². The Morgan fingerprint density at radius 3 is 2.18 bits per heavy atom. The van der Waals surface area contributed by atoms with E-state index in [0.717, 1.165) is 25.4 Å². The second-order valence-corrected chi connectivity index (χ2v) is 6.33. The van der Waals surface area contributed by atoms with Crippen molar-refractivity contribution in [1.82, 2.24) is 9.80 Å². The molecular weight excluding hydrogens is 212 g/mol. The highest BCUT2D eigenvalue weighted by Gasteiger charge is 2.35. The highest BCUT2D eigenvalue weighted by Crippen LogP contribution is 2.30. The first kappa shape index (κ1) is 11.9. The molecule has 17 heavy (non-hydrogen) atoms. The van der Waals surface area contributed by atoms with Crippen LogP contribution in [-0.4, -0.2) is 59.3 Å². The molecule has 0 aromatic heterocycles. The average Bonchev–Trinajstić information content (AvgIpc) is 3.14. The first-order valence-electron chi connectivity index (χ1n) is 7.44. The molecular formula is C14H26N2O. The number of hydrogen-bond acceptors (Lipinski definition) is 3. The second kappa shape index (κ2) is 4.87. The van der Waals surface area contributed by atoms with Crippen LogP contribution in [0.25, 0.3) is 0 Å². The summed E-state index contributed by atoms with van der Waals surface area (Å²) in [4.78, 5) is 5.13. The summed E-state index contributed by atoms with van der Waals surface area (Å²) in [6.45, 7) is 5.70. The molecule has 2 saturated carbocycles. The quantitative estimate of drug-likeness (QED) is 0.806. The molecule has 3 fully saturated rings. The molecule has 3 heteroatoms. The highest BCUT2D eigenvalue weighted by molar-refractivity contribution is 4.90. The number of nitrogens with zero attached hydrogens (tertiary/aromatic N) is 2. The van der Waals surface area contributed by atoms with Crippen molar-refractivity contribution < 1.29 is 5.11 Å². The molecule has 0 unspecified atom stereocenters. The molecule has 0 spiro atoms. The summed E-state index contributed by atoms with van der Waals surface area (Å²) in [5, 5.41) is 10.6. The number of hydrogen-bond donors (Lipinski definition) is 1. The topological polar surface area (TPSA) is 26.7 Å². The molecule has 1 aliphatic heterocycles. The minimum atomic E-state index is -0.361. The van der Waals surface area contributed by atoms with Gasteiger partial charge in [0.15, 0.2) is 0 Å². The molecule has 2 aliphatic carbocycles. The lowest BCUT2D eigenvalue weighted by atomic mass is 9.84. The van der Waals surface area contributed by atoms with Crippen molar-refractivity contribution in [2.24, 2.45) is 0 Å². The van der Waals surface area contributed by atoms with Gasteiger partial charge in [0.2, 0.25) is 0 Å². The van der Waals surface area contributed by atoms with E-state index in [9.17, 15) is 5.11 Å². The van der Waals surface area contributed by atoms with E-state index < -0.39 is 0 Å². The number of piperazine rings is 1. The van der Waals surface area contributed by atoms with E-state index in [1.807, 2.05) is 0 Å². The van der Waals surface area contributed by atoms with Gasteiger partial charge in [0, 0.05) is 38.8 Å². The zero-order chi connectivity index (χ0) is 11.7. The summed E-state index contributed by atoms with van der Waals surface area (Å²) >= 11 is 0. The second-order valence-electron chi connectivity index (χ2n) is 6.33. The van der Waals surface area contributed by atoms with E-state index in [4.69, 9.17) is 0 Å². The minimum absolute atomic E-state index is 0.361. The molecule has 0 aromatic carbocycles. The molecule has 0 bridgehead atoms. The van der Waals surface area contributed by atoms with Crippen LogP contribution in [0.15, 0.2) is 0 Å². The first-order chi connectivity index (χ1) is 8.25. The van der Waals surface area contributed by atoms with Gasteiger partial charge in [-0.15, -0.1) is 0 Å². The van der Waals surface area contributed by atoms with Gasteiger partial charge in [-0.25, -0.2) is 0 Å². The van der Waals surface area contributed by atoms with E-state index in [2.05, 4.69) is 9.80 Å². The van der Waals surface area contributed by atoms with E-state index in [0.29, 0.717) is 0 Å². The van der Waals surface area contributed by atoms with Gasteiger partial charge >= 0.3 is 0 Å². The van der Waals surface area contributed by atoms with Gasteiger partial charge in [0.1, 0.15) is 0 Å². The average molecular weight is 238 g/mol. The fraction of sp³-hybridized carbons (Fsp3) is 1.00. The van der Waals surface area contributed by atoms with Crippen LogP contribution >= 0.6 is 0 Å². The van der Waals surface area contributed by atoms with Crippen molar-refractivity contribution in [3.8, 4) is 0 Å². The summed E-state index contributed by atoms with van der Waals surface area (Å²) in [5.41, 5.74) is -0.361. The maximum absolute atomic E-state index is 10.6. The SMILES string of the molecule is OC1(CN2CCN(C3CC3)CC2)CCCCC1. The molecule has 1 saturated heterocycles. The normalized spacial score (nSPS) is 31.6. The Kier molecular flexibility index (Phi) is 3.42. The molecule has 0 atom stereocenters. The fourth-order valence-corrected chi connectivity index (χ4v) is 3.51.